The molecule has 0 radical (unpaired) electrons. The van der Waals surface area contributed by atoms with Crippen molar-refractivity contribution in [1.82, 2.24) is 9.97 Å². The third kappa shape index (κ3) is 3.01. The highest BCUT2D eigenvalue weighted by atomic mass is 16.4. The first-order valence-corrected chi connectivity index (χ1v) is 5.08. The molecular formula is C12H11N3O2. The van der Waals surface area contributed by atoms with Crippen molar-refractivity contribution in [1.29, 1.82) is 0 Å². The van der Waals surface area contributed by atoms with Crippen LogP contribution in [-0.4, -0.2) is 21.0 Å². The maximum absolute atomic E-state index is 10.7. The van der Waals surface area contributed by atoms with Crippen molar-refractivity contribution >= 4 is 11.7 Å². The fraction of sp³-hybridized carbons (Fsp3) is 0.0833. The predicted octanol–water partition coefficient (Wildman–Crippen LogP) is 1.79. The van der Waals surface area contributed by atoms with E-state index in [-0.39, 0.29) is 5.69 Å². The number of nitrogens with one attached hydrogen (secondary N) is 1. The van der Waals surface area contributed by atoms with Gasteiger partial charge in [-0.15, -0.1) is 0 Å². The zero-order valence-corrected chi connectivity index (χ0v) is 9.00. The number of hydrogen-bond donors (Lipinski definition) is 2. The highest BCUT2D eigenvalue weighted by Gasteiger charge is 2.04. The topological polar surface area (TPSA) is 75.1 Å². The molecule has 17 heavy (non-hydrogen) atoms. The van der Waals surface area contributed by atoms with Gasteiger partial charge in [0.2, 0.25) is 0 Å². The van der Waals surface area contributed by atoms with E-state index >= 15 is 0 Å². The van der Waals surface area contributed by atoms with Crippen molar-refractivity contribution in [2.45, 2.75) is 6.54 Å². The lowest BCUT2D eigenvalue weighted by Crippen LogP contribution is -2.03. The lowest BCUT2D eigenvalue weighted by Gasteiger charge is -2.06. The Morgan fingerprint density at radius 1 is 1.35 bits per heavy atom. The van der Waals surface area contributed by atoms with Gasteiger partial charge in [0.25, 0.3) is 0 Å². The van der Waals surface area contributed by atoms with Crippen LogP contribution in [0.15, 0.2) is 42.9 Å². The highest BCUT2D eigenvalue weighted by molar-refractivity contribution is 5.86. The molecule has 5 heteroatoms. The number of carbonyl (C=O) groups is 1. The van der Waals surface area contributed by atoms with Crippen LogP contribution in [-0.2, 0) is 6.54 Å². The van der Waals surface area contributed by atoms with Gasteiger partial charge in [-0.05, 0) is 23.8 Å². The van der Waals surface area contributed by atoms with E-state index in [1.54, 1.807) is 18.5 Å². The zero-order valence-electron chi connectivity index (χ0n) is 9.00. The molecule has 0 amide bonds. The average molecular weight is 229 g/mol. The Morgan fingerprint density at radius 2 is 2.24 bits per heavy atom. The maximum Gasteiger partial charge on any atom is 0.354 e. The highest BCUT2D eigenvalue weighted by Crippen LogP contribution is 2.09. The molecule has 0 aliphatic heterocycles. The Kier molecular flexibility index (Phi) is 3.30. The standard InChI is InChI=1S/C12H11N3O2/c16-12(17)11-6-10(3-5-14-11)15-8-9-2-1-4-13-7-9/h1-7H,8H2,(H,14,15)(H,16,17). The molecular weight excluding hydrogens is 218 g/mol. The lowest BCUT2D eigenvalue weighted by atomic mass is 10.2. The summed E-state index contributed by atoms with van der Waals surface area (Å²) in [5.41, 5.74) is 1.78. The van der Waals surface area contributed by atoms with Gasteiger partial charge in [0.15, 0.2) is 0 Å². The molecule has 0 aliphatic carbocycles. The number of carboxylic acid groups (broad SMARTS) is 1. The number of aromatic nitrogens is 2. The summed E-state index contributed by atoms with van der Waals surface area (Å²) >= 11 is 0. The molecule has 2 aromatic heterocycles. The van der Waals surface area contributed by atoms with Crippen LogP contribution in [0.3, 0.4) is 0 Å². The minimum atomic E-state index is -1.03. The minimum Gasteiger partial charge on any atom is -0.477 e. The minimum absolute atomic E-state index is 0.0289. The van der Waals surface area contributed by atoms with Crippen LogP contribution in [0, 0.1) is 0 Å². The number of hydrogen-bond acceptors (Lipinski definition) is 4. The molecule has 0 saturated carbocycles. The molecule has 0 spiro atoms. The molecule has 0 saturated heterocycles. The number of anilines is 1. The molecule has 0 unspecified atom stereocenters. The molecule has 2 rings (SSSR count). The Bertz CT molecular complexity index is 514. The van der Waals surface area contributed by atoms with Crippen LogP contribution in [0.4, 0.5) is 5.69 Å². The van der Waals surface area contributed by atoms with Crippen LogP contribution in [0.25, 0.3) is 0 Å². The van der Waals surface area contributed by atoms with Crippen LogP contribution < -0.4 is 5.32 Å². The van der Waals surface area contributed by atoms with Gasteiger partial charge < -0.3 is 10.4 Å². The van der Waals surface area contributed by atoms with Gasteiger partial charge in [-0.25, -0.2) is 9.78 Å². The summed E-state index contributed by atoms with van der Waals surface area (Å²) in [6, 6.07) is 7.02. The third-order valence-electron chi connectivity index (χ3n) is 2.20. The molecule has 0 aliphatic rings. The summed E-state index contributed by atoms with van der Waals surface area (Å²) in [4.78, 5) is 18.5. The SMILES string of the molecule is O=C(O)c1cc(NCc2cccnc2)ccn1. The summed E-state index contributed by atoms with van der Waals surface area (Å²) in [6.07, 6.45) is 4.93. The monoisotopic (exact) mass is 229 g/mol. The van der Waals surface area contributed by atoms with Gasteiger partial charge in [-0.1, -0.05) is 6.07 Å². The maximum atomic E-state index is 10.7. The molecule has 2 heterocycles. The van der Waals surface area contributed by atoms with Crippen LogP contribution in [0.1, 0.15) is 16.1 Å². The predicted molar refractivity (Wildman–Crippen MR) is 62.8 cm³/mol. The number of carboxylic acids is 1. The van der Waals surface area contributed by atoms with Crippen molar-refractivity contribution < 1.29 is 9.90 Å². The average Bonchev–Trinajstić information content (AvgIpc) is 2.38. The smallest absolute Gasteiger partial charge is 0.354 e. The molecule has 0 aromatic carbocycles. The Morgan fingerprint density at radius 3 is 2.94 bits per heavy atom. The number of pyridine rings is 2. The summed E-state index contributed by atoms with van der Waals surface area (Å²) in [7, 11) is 0. The van der Waals surface area contributed by atoms with Gasteiger partial charge in [0.05, 0.1) is 0 Å². The largest absolute Gasteiger partial charge is 0.477 e. The Labute approximate surface area is 98.2 Å². The van der Waals surface area contributed by atoms with Crippen molar-refractivity contribution in [2.24, 2.45) is 0 Å². The summed E-state index contributed by atoms with van der Waals surface area (Å²) in [5.74, 6) is -1.03. The molecule has 86 valence electrons. The Hall–Kier alpha value is -2.43. The first-order valence-electron chi connectivity index (χ1n) is 5.08. The number of nitrogens with zero attached hydrogens (tertiary/aromatic N) is 2. The molecule has 5 nitrogen and oxygen atoms in total. The molecule has 0 atom stereocenters. The third-order valence-corrected chi connectivity index (χ3v) is 2.20. The summed E-state index contributed by atoms with van der Waals surface area (Å²) < 4.78 is 0. The first-order chi connectivity index (χ1) is 8.25. The molecule has 0 bridgehead atoms. The van der Waals surface area contributed by atoms with E-state index in [9.17, 15) is 4.79 Å². The van der Waals surface area contributed by atoms with E-state index in [1.165, 1.54) is 12.3 Å². The number of rotatable bonds is 4. The summed E-state index contributed by atoms with van der Waals surface area (Å²) in [6.45, 7) is 0.594. The van der Waals surface area contributed by atoms with Crippen molar-refractivity contribution in [3.63, 3.8) is 0 Å². The van der Waals surface area contributed by atoms with Gasteiger partial charge in [-0.3, -0.25) is 4.98 Å². The fourth-order valence-corrected chi connectivity index (χ4v) is 1.36. The summed E-state index contributed by atoms with van der Waals surface area (Å²) in [5, 5.41) is 11.9. The quantitative estimate of drug-likeness (QED) is 0.835. The van der Waals surface area contributed by atoms with Crippen LogP contribution >= 0.6 is 0 Å². The van der Waals surface area contributed by atoms with E-state index in [2.05, 4.69) is 15.3 Å². The van der Waals surface area contributed by atoms with Gasteiger partial charge >= 0.3 is 5.97 Å². The fourth-order valence-electron chi connectivity index (χ4n) is 1.36. The van der Waals surface area contributed by atoms with Crippen LogP contribution in [0.5, 0.6) is 0 Å². The van der Waals surface area contributed by atoms with Crippen molar-refractivity contribution in [3.05, 3.63) is 54.1 Å². The van der Waals surface area contributed by atoms with Crippen molar-refractivity contribution in [2.75, 3.05) is 5.32 Å². The Balaban J connectivity index is 2.04. The van der Waals surface area contributed by atoms with E-state index in [4.69, 9.17) is 5.11 Å². The zero-order chi connectivity index (χ0) is 12.1. The normalized spacial score (nSPS) is 9.88. The molecule has 2 N–H and O–H groups in total. The van der Waals surface area contributed by atoms with E-state index in [0.717, 1.165) is 11.3 Å². The van der Waals surface area contributed by atoms with Gasteiger partial charge in [0.1, 0.15) is 5.69 Å². The van der Waals surface area contributed by atoms with Gasteiger partial charge in [0, 0.05) is 30.8 Å². The van der Waals surface area contributed by atoms with Gasteiger partial charge in [-0.2, -0.15) is 0 Å². The van der Waals surface area contributed by atoms with Crippen molar-refractivity contribution in [3.8, 4) is 0 Å². The van der Waals surface area contributed by atoms with E-state index in [1.807, 2.05) is 12.1 Å². The van der Waals surface area contributed by atoms with E-state index < -0.39 is 5.97 Å². The first kappa shape index (κ1) is 11.1. The second-order valence-corrected chi connectivity index (χ2v) is 3.45. The van der Waals surface area contributed by atoms with Crippen LogP contribution in [0.2, 0.25) is 0 Å². The lowest BCUT2D eigenvalue weighted by molar-refractivity contribution is 0.0690. The second kappa shape index (κ2) is 5.07. The number of aromatic carboxylic acids is 1. The molecule has 2 aromatic rings. The second-order valence-electron chi connectivity index (χ2n) is 3.45. The van der Waals surface area contributed by atoms with E-state index in [0.29, 0.717) is 6.54 Å². The molecule has 0 fully saturated rings.